The van der Waals surface area contributed by atoms with Gasteiger partial charge in [-0.25, -0.2) is 4.79 Å². The quantitative estimate of drug-likeness (QED) is 0.765. The summed E-state index contributed by atoms with van der Waals surface area (Å²) in [7, 11) is 3.23. The minimum Gasteiger partial charge on any atom is -0.368 e. The number of pyridine rings is 1. The van der Waals surface area contributed by atoms with Crippen molar-refractivity contribution in [1.82, 2.24) is 19.7 Å². The van der Waals surface area contributed by atoms with E-state index in [1.807, 2.05) is 0 Å². The molecule has 30 heavy (non-hydrogen) atoms. The van der Waals surface area contributed by atoms with Gasteiger partial charge in [0, 0.05) is 50.2 Å². The second-order valence-electron chi connectivity index (χ2n) is 7.44. The molecule has 1 aliphatic rings. The number of likely N-dealkylation sites (tertiary alicyclic amines) is 1. The van der Waals surface area contributed by atoms with Crippen molar-refractivity contribution < 1.29 is 14.4 Å². The second kappa shape index (κ2) is 8.81. The molecule has 0 bridgehead atoms. The maximum Gasteiger partial charge on any atom is 0.320 e. The van der Waals surface area contributed by atoms with Crippen LogP contribution in [0.1, 0.15) is 23.2 Å². The Morgan fingerprint density at radius 2 is 1.80 bits per heavy atom. The van der Waals surface area contributed by atoms with Gasteiger partial charge in [-0.1, -0.05) is 6.07 Å². The molecule has 3 rings (SSSR count). The van der Waals surface area contributed by atoms with Crippen molar-refractivity contribution in [3.63, 3.8) is 0 Å². The molecule has 9 nitrogen and oxygen atoms in total. The summed E-state index contributed by atoms with van der Waals surface area (Å²) in [5.74, 6) is -0.885. The van der Waals surface area contributed by atoms with Crippen LogP contribution in [-0.2, 0) is 4.79 Å². The third kappa shape index (κ3) is 4.51. The molecule has 1 aromatic carbocycles. The Morgan fingerprint density at radius 3 is 2.40 bits per heavy atom. The van der Waals surface area contributed by atoms with E-state index in [0.717, 1.165) is 0 Å². The number of carbonyl (C=O) groups excluding carboxylic acids is 3. The van der Waals surface area contributed by atoms with E-state index >= 15 is 0 Å². The van der Waals surface area contributed by atoms with Crippen LogP contribution in [0.25, 0.3) is 5.69 Å². The largest absolute Gasteiger partial charge is 0.368 e. The van der Waals surface area contributed by atoms with Crippen LogP contribution >= 0.6 is 0 Å². The number of piperidine rings is 1. The van der Waals surface area contributed by atoms with Gasteiger partial charge in [0.2, 0.25) is 5.91 Å². The van der Waals surface area contributed by atoms with Gasteiger partial charge >= 0.3 is 6.03 Å². The van der Waals surface area contributed by atoms with Crippen LogP contribution in [0, 0.1) is 0 Å². The maximum absolute atomic E-state index is 12.6. The first-order valence-corrected chi connectivity index (χ1v) is 9.64. The number of amides is 4. The minimum atomic E-state index is -0.772. The second-order valence-corrected chi connectivity index (χ2v) is 7.44. The summed E-state index contributed by atoms with van der Waals surface area (Å²) in [4.78, 5) is 51.5. The summed E-state index contributed by atoms with van der Waals surface area (Å²) in [6, 6.07) is 10.2. The van der Waals surface area contributed by atoms with E-state index in [-0.39, 0.29) is 30.0 Å². The van der Waals surface area contributed by atoms with Gasteiger partial charge in [-0.15, -0.1) is 0 Å². The van der Waals surface area contributed by atoms with Gasteiger partial charge < -0.3 is 20.9 Å². The maximum atomic E-state index is 12.6. The summed E-state index contributed by atoms with van der Waals surface area (Å²) in [5.41, 5.74) is 6.42. The molecular formula is C21H25N5O4. The number of carbonyl (C=O) groups is 3. The van der Waals surface area contributed by atoms with Crippen LogP contribution in [0.15, 0.2) is 53.5 Å². The SMILES string of the molecule is CN(C)C(=O)N1CCC(NC(=O)c2ccc(-n3ccccc3=O)cc2)CC1C(N)=O. The fourth-order valence-corrected chi connectivity index (χ4v) is 3.53. The number of aromatic nitrogens is 1. The van der Waals surface area contributed by atoms with E-state index in [1.54, 1.807) is 56.7 Å². The molecule has 2 heterocycles. The van der Waals surface area contributed by atoms with Crippen LogP contribution in [0.4, 0.5) is 4.79 Å². The molecule has 1 aromatic heterocycles. The molecule has 3 N–H and O–H groups in total. The van der Waals surface area contributed by atoms with Crippen LogP contribution < -0.4 is 16.6 Å². The molecule has 1 fully saturated rings. The number of primary amides is 1. The summed E-state index contributed by atoms with van der Waals surface area (Å²) in [5, 5.41) is 2.91. The molecular weight excluding hydrogens is 386 g/mol. The number of hydrogen-bond acceptors (Lipinski definition) is 4. The molecule has 0 spiro atoms. The third-order valence-electron chi connectivity index (χ3n) is 5.12. The van der Waals surface area contributed by atoms with E-state index in [9.17, 15) is 19.2 Å². The zero-order valence-electron chi connectivity index (χ0n) is 16.9. The van der Waals surface area contributed by atoms with Crippen molar-refractivity contribution in [3.05, 3.63) is 64.6 Å². The molecule has 4 amide bonds. The summed E-state index contributed by atoms with van der Waals surface area (Å²) >= 11 is 0. The van der Waals surface area contributed by atoms with Crippen LogP contribution in [-0.4, -0.2) is 64.9 Å². The summed E-state index contributed by atoms with van der Waals surface area (Å²) in [6.45, 7) is 0.325. The molecule has 1 aliphatic heterocycles. The van der Waals surface area contributed by atoms with Crippen molar-refractivity contribution >= 4 is 17.8 Å². The summed E-state index contributed by atoms with van der Waals surface area (Å²) in [6.07, 6.45) is 2.44. The predicted octanol–water partition coefficient (Wildman–Crippen LogP) is 0.567. The minimum absolute atomic E-state index is 0.161. The van der Waals surface area contributed by atoms with E-state index in [4.69, 9.17) is 5.73 Å². The Labute approximate surface area is 174 Å². The Kier molecular flexibility index (Phi) is 6.20. The molecule has 1 saturated heterocycles. The molecule has 2 unspecified atom stereocenters. The van der Waals surface area contributed by atoms with E-state index in [2.05, 4.69) is 5.32 Å². The Hall–Kier alpha value is -3.62. The van der Waals surface area contributed by atoms with Crippen molar-refractivity contribution in [2.75, 3.05) is 20.6 Å². The monoisotopic (exact) mass is 411 g/mol. The van der Waals surface area contributed by atoms with Crippen molar-refractivity contribution in [2.45, 2.75) is 24.9 Å². The highest BCUT2D eigenvalue weighted by Crippen LogP contribution is 2.19. The molecule has 2 aromatic rings. The topological polar surface area (TPSA) is 118 Å². The van der Waals surface area contributed by atoms with Gasteiger partial charge in [0.25, 0.3) is 11.5 Å². The number of nitrogens with one attached hydrogen (secondary N) is 1. The van der Waals surface area contributed by atoms with Gasteiger partial charge in [-0.3, -0.25) is 19.0 Å². The first kappa shape index (κ1) is 21.1. The molecule has 0 saturated carbocycles. The number of rotatable bonds is 4. The van der Waals surface area contributed by atoms with E-state index in [1.165, 1.54) is 20.4 Å². The molecule has 0 aliphatic carbocycles. The fourth-order valence-electron chi connectivity index (χ4n) is 3.53. The van der Waals surface area contributed by atoms with Crippen molar-refractivity contribution in [2.24, 2.45) is 5.73 Å². The van der Waals surface area contributed by atoms with Crippen molar-refractivity contribution in [1.29, 1.82) is 0 Å². The molecule has 158 valence electrons. The average Bonchev–Trinajstić information content (AvgIpc) is 2.73. The van der Waals surface area contributed by atoms with E-state index < -0.39 is 11.9 Å². The van der Waals surface area contributed by atoms with Gasteiger partial charge in [-0.05, 0) is 43.2 Å². The van der Waals surface area contributed by atoms with Crippen LogP contribution in [0.3, 0.4) is 0 Å². The third-order valence-corrected chi connectivity index (χ3v) is 5.12. The zero-order chi connectivity index (χ0) is 21.8. The van der Waals surface area contributed by atoms with Crippen LogP contribution in [0.2, 0.25) is 0 Å². The lowest BCUT2D eigenvalue weighted by molar-refractivity contribution is -0.123. The van der Waals surface area contributed by atoms with Gasteiger partial charge in [0.05, 0.1) is 0 Å². The normalized spacial score (nSPS) is 18.5. The van der Waals surface area contributed by atoms with E-state index in [0.29, 0.717) is 24.2 Å². The lowest BCUT2D eigenvalue weighted by Gasteiger charge is -2.39. The highest BCUT2D eigenvalue weighted by molar-refractivity contribution is 5.94. The number of benzene rings is 1. The Bertz CT molecular complexity index is 999. The van der Waals surface area contributed by atoms with Gasteiger partial charge in [0.1, 0.15) is 6.04 Å². The highest BCUT2D eigenvalue weighted by Gasteiger charge is 2.36. The highest BCUT2D eigenvalue weighted by atomic mass is 16.2. The first-order chi connectivity index (χ1) is 14.3. The Balaban J connectivity index is 1.67. The lowest BCUT2D eigenvalue weighted by Crippen LogP contribution is -2.58. The van der Waals surface area contributed by atoms with Gasteiger partial charge in [-0.2, -0.15) is 0 Å². The van der Waals surface area contributed by atoms with Crippen LogP contribution in [0.5, 0.6) is 0 Å². The molecule has 0 radical (unpaired) electrons. The fraction of sp³-hybridized carbons (Fsp3) is 0.333. The number of nitrogens with two attached hydrogens (primary N) is 1. The molecule has 2 atom stereocenters. The molecule has 9 heteroatoms. The van der Waals surface area contributed by atoms with Crippen molar-refractivity contribution in [3.8, 4) is 5.69 Å². The Morgan fingerprint density at radius 1 is 1.10 bits per heavy atom. The average molecular weight is 411 g/mol. The number of nitrogens with zero attached hydrogens (tertiary/aromatic N) is 3. The zero-order valence-corrected chi connectivity index (χ0v) is 16.9. The number of hydrogen-bond donors (Lipinski definition) is 2. The van der Waals surface area contributed by atoms with Gasteiger partial charge in [0.15, 0.2) is 0 Å². The first-order valence-electron chi connectivity index (χ1n) is 9.64. The summed E-state index contributed by atoms with van der Waals surface area (Å²) < 4.78 is 1.48. The number of urea groups is 1. The standard InChI is InChI=1S/C21H25N5O4/c1-24(2)21(30)26-12-10-15(13-17(26)19(22)28)23-20(29)14-6-8-16(9-7-14)25-11-4-3-5-18(25)27/h3-9,11,15,17H,10,12-13H2,1-2H3,(H2,22,28)(H,23,29). The predicted molar refractivity (Wildman–Crippen MR) is 111 cm³/mol. The lowest BCUT2D eigenvalue weighted by atomic mass is 9.96. The smallest absolute Gasteiger partial charge is 0.320 e.